The number of hydrogen-bond donors (Lipinski definition) is 2. The molecule has 0 aromatic carbocycles. The molecule has 0 atom stereocenters. The van der Waals surface area contributed by atoms with Gasteiger partial charge in [-0.15, -0.1) is 0 Å². The van der Waals surface area contributed by atoms with Gasteiger partial charge >= 0.3 is 7.12 Å². The first-order chi connectivity index (χ1) is 8.22. The summed E-state index contributed by atoms with van der Waals surface area (Å²) in [5.41, 5.74) is 1.63. The lowest BCUT2D eigenvalue weighted by Crippen LogP contribution is -2.32. The van der Waals surface area contributed by atoms with E-state index in [0.717, 1.165) is 0 Å². The topological polar surface area (TPSA) is 75.5 Å². The van der Waals surface area contributed by atoms with Crippen LogP contribution in [0.3, 0.4) is 0 Å². The highest BCUT2D eigenvalue weighted by atomic mass is 16.5. The van der Waals surface area contributed by atoms with Crippen LogP contribution in [0.2, 0.25) is 0 Å². The molecule has 0 fully saturated rings. The minimum absolute atomic E-state index is 0.194. The molecule has 6 heteroatoms. The van der Waals surface area contributed by atoms with Crippen molar-refractivity contribution < 1.29 is 14.8 Å². The zero-order valence-corrected chi connectivity index (χ0v) is 9.24. The third kappa shape index (κ3) is 2.43. The minimum atomic E-state index is -1.62. The molecule has 0 spiro atoms. The quantitative estimate of drug-likeness (QED) is 0.716. The van der Waals surface area contributed by atoms with E-state index < -0.39 is 7.12 Å². The highest BCUT2D eigenvalue weighted by Crippen LogP contribution is 2.16. The van der Waals surface area contributed by atoms with Gasteiger partial charge < -0.3 is 14.8 Å². The van der Waals surface area contributed by atoms with Crippen molar-refractivity contribution in [3.63, 3.8) is 0 Å². The fourth-order valence-electron chi connectivity index (χ4n) is 1.50. The molecule has 0 radical (unpaired) electrons. The summed E-state index contributed by atoms with van der Waals surface area (Å²) < 4.78 is 4.95. The first-order valence-corrected chi connectivity index (χ1v) is 5.04. The third-order valence-electron chi connectivity index (χ3n) is 2.31. The summed E-state index contributed by atoms with van der Waals surface area (Å²) in [4.78, 5) is 8.17. The van der Waals surface area contributed by atoms with Crippen LogP contribution in [-0.2, 0) is 0 Å². The summed E-state index contributed by atoms with van der Waals surface area (Å²) in [6.07, 6.45) is 3.24. The molecule has 0 bridgehead atoms. The molecule has 0 amide bonds. The number of methoxy groups -OCH3 is 1. The Balaban J connectivity index is 2.48. The maximum absolute atomic E-state index is 9.22. The Hall–Kier alpha value is -1.92. The van der Waals surface area contributed by atoms with E-state index in [1.54, 1.807) is 18.5 Å². The number of ether oxygens (including phenoxy) is 1. The Labute approximate surface area is 98.9 Å². The van der Waals surface area contributed by atoms with E-state index in [0.29, 0.717) is 11.3 Å². The highest BCUT2D eigenvalue weighted by molar-refractivity contribution is 6.59. The lowest BCUT2D eigenvalue weighted by Gasteiger charge is -2.08. The van der Waals surface area contributed by atoms with Gasteiger partial charge in [-0.25, -0.2) is 4.98 Å². The SMILES string of the molecule is COc1ncc(-c2ccccn2)cc1B(O)O. The molecule has 0 aliphatic heterocycles. The highest BCUT2D eigenvalue weighted by Gasteiger charge is 2.19. The van der Waals surface area contributed by atoms with Crippen LogP contribution in [-0.4, -0.2) is 34.2 Å². The summed E-state index contributed by atoms with van der Waals surface area (Å²) in [5.74, 6) is 0.194. The monoisotopic (exact) mass is 230 g/mol. The zero-order valence-electron chi connectivity index (χ0n) is 9.24. The molecule has 5 nitrogen and oxygen atoms in total. The van der Waals surface area contributed by atoms with E-state index in [4.69, 9.17) is 4.74 Å². The maximum atomic E-state index is 9.22. The lowest BCUT2D eigenvalue weighted by molar-refractivity contribution is 0.391. The number of aromatic nitrogens is 2. The summed E-state index contributed by atoms with van der Waals surface area (Å²) in [6, 6.07) is 7.07. The van der Waals surface area contributed by atoms with Crippen molar-refractivity contribution >= 4 is 12.6 Å². The van der Waals surface area contributed by atoms with Crippen molar-refractivity contribution in [2.24, 2.45) is 0 Å². The van der Waals surface area contributed by atoms with Crippen molar-refractivity contribution in [2.45, 2.75) is 0 Å². The maximum Gasteiger partial charge on any atom is 0.494 e. The number of hydrogen-bond acceptors (Lipinski definition) is 5. The van der Waals surface area contributed by atoms with E-state index in [-0.39, 0.29) is 11.3 Å². The fourth-order valence-corrected chi connectivity index (χ4v) is 1.50. The van der Waals surface area contributed by atoms with Crippen molar-refractivity contribution in [1.29, 1.82) is 0 Å². The van der Waals surface area contributed by atoms with Gasteiger partial charge in [0.25, 0.3) is 0 Å². The standard InChI is InChI=1S/C11H11BN2O3/c1-17-11-9(12(15)16)6-8(7-14-11)10-4-2-3-5-13-10/h2-7,15-16H,1H3. The Morgan fingerprint density at radius 3 is 2.65 bits per heavy atom. The lowest BCUT2D eigenvalue weighted by atomic mass is 9.80. The second kappa shape index (κ2) is 4.94. The van der Waals surface area contributed by atoms with Crippen molar-refractivity contribution in [1.82, 2.24) is 9.97 Å². The normalized spacial score (nSPS) is 10.1. The van der Waals surface area contributed by atoms with Gasteiger partial charge in [0.05, 0.1) is 12.8 Å². The smallest absolute Gasteiger partial charge is 0.481 e. The van der Waals surface area contributed by atoms with Crippen LogP contribution in [0.15, 0.2) is 36.7 Å². The van der Waals surface area contributed by atoms with Crippen LogP contribution >= 0.6 is 0 Å². The molecule has 17 heavy (non-hydrogen) atoms. The third-order valence-corrected chi connectivity index (χ3v) is 2.31. The summed E-state index contributed by atoms with van der Waals surface area (Å²) in [6.45, 7) is 0. The molecule has 0 saturated carbocycles. The van der Waals surface area contributed by atoms with Crippen LogP contribution in [0.25, 0.3) is 11.3 Å². The van der Waals surface area contributed by atoms with Gasteiger partial charge in [-0.05, 0) is 18.2 Å². The molecule has 0 aliphatic carbocycles. The Bertz CT molecular complexity index is 505. The molecule has 2 N–H and O–H groups in total. The van der Waals surface area contributed by atoms with Gasteiger partial charge in [0.2, 0.25) is 5.88 Å². The molecular weight excluding hydrogens is 219 g/mol. The summed E-state index contributed by atoms with van der Waals surface area (Å²) in [5, 5.41) is 18.4. The Kier molecular flexibility index (Phi) is 3.36. The predicted molar refractivity (Wildman–Crippen MR) is 63.8 cm³/mol. The van der Waals surface area contributed by atoms with Crippen LogP contribution in [0.4, 0.5) is 0 Å². The second-order valence-corrected chi connectivity index (χ2v) is 3.41. The van der Waals surface area contributed by atoms with Crippen LogP contribution in [0.5, 0.6) is 5.88 Å². The van der Waals surface area contributed by atoms with Crippen LogP contribution < -0.4 is 10.2 Å². The van der Waals surface area contributed by atoms with Crippen molar-refractivity contribution in [3.8, 4) is 17.1 Å². The van der Waals surface area contributed by atoms with Gasteiger partial charge in [0.15, 0.2) is 0 Å². The first-order valence-electron chi connectivity index (χ1n) is 5.04. The summed E-state index contributed by atoms with van der Waals surface area (Å²) in [7, 11) is -0.199. The van der Waals surface area contributed by atoms with E-state index in [2.05, 4.69) is 9.97 Å². The molecule has 0 unspecified atom stereocenters. The molecule has 2 aromatic heterocycles. The first kappa shape index (κ1) is 11.6. The van der Waals surface area contributed by atoms with Gasteiger partial charge in [-0.1, -0.05) is 6.07 Å². The van der Waals surface area contributed by atoms with Crippen molar-refractivity contribution in [2.75, 3.05) is 7.11 Å². The van der Waals surface area contributed by atoms with Gasteiger partial charge in [-0.2, -0.15) is 0 Å². The van der Waals surface area contributed by atoms with Gasteiger partial charge in [0, 0.05) is 23.4 Å². The van der Waals surface area contributed by atoms with Gasteiger partial charge in [-0.3, -0.25) is 4.98 Å². The number of rotatable bonds is 3. The summed E-state index contributed by atoms with van der Waals surface area (Å²) >= 11 is 0. The number of nitrogens with zero attached hydrogens (tertiary/aromatic N) is 2. The van der Waals surface area contributed by atoms with E-state index in [1.807, 2.05) is 18.2 Å². The molecule has 0 aliphatic rings. The molecule has 2 aromatic rings. The second-order valence-electron chi connectivity index (χ2n) is 3.41. The Morgan fingerprint density at radius 1 is 1.24 bits per heavy atom. The average molecular weight is 230 g/mol. The number of pyridine rings is 2. The van der Waals surface area contributed by atoms with Crippen molar-refractivity contribution in [3.05, 3.63) is 36.7 Å². The van der Waals surface area contributed by atoms with Crippen LogP contribution in [0.1, 0.15) is 0 Å². The fraction of sp³-hybridized carbons (Fsp3) is 0.0909. The zero-order chi connectivity index (χ0) is 12.3. The molecule has 2 heterocycles. The molecule has 2 rings (SSSR count). The van der Waals surface area contributed by atoms with E-state index >= 15 is 0 Å². The van der Waals surface area contributed by atoms with Crippen LogP contribution in [0, 0.1) is 0 Å². The van der Waals surface area contributed by atoms with Gasteiger partial charge in [0.1, 0.15) is 0 Å². The molecule has 0 saturated heterocycles. The predicted octanol–water partition coefficient (Wildman–Crippen LogP) is -0.168. The largest absolute Gasteiger partial charge is 0.494 e. The van der Waals surface area contributed by atoms with E-state index in [1.165, 1.54) is 7.11 Å². The van der Waals surface area contributed by atoms with E-state index in [9.17, 15) is 10.0 Å². The molecular formula is C11H11BN2O3. The minimum Gasteiger partial charge on any atom is -0.481 e. The molecule has 86 valence electrons. The average Bonchev–Trinajstić information content (AvgIpc) is 2.39. The Morgan fingerprint density at radius 2 is 2.06 bits per heavy atom.